The number of halogens is 1. The second-order valence-electron chi connectivity index (χ2n) is 8.51. The van der Waals surface area contributed by atoms with Gasteiger partial charge in [0.25, 0.3) is 5.91 Å². The van der Waals surface area contributed by atoms with Gasteiger partial charge in [-0.1, -0.05) is 41.9 Å². The van der Waals surface area contributed by atoms with Gasteiger partial charge in [0.2, 0.25) is 0 Å². The third kappa shape index (κ3) is 4.07. The number of nitrogens with zero attached hydrogens (tertiary/aromatic N) is 1. The molecule has 2 heterocycles. The van der Waals surface area contributed by atoms with Crippen LogP contribution in [0.15, 0.2) is 42.5 Å². The predicted octanol–water partition coefficient (Wildman–Crippen LogP) is 5.66. The van der Waals surface area contributed by atoms with E-state index in [1.54, 1.807) is 0 Å². The zero-order valence-corrected chi connectivity index (χ0v) is 19.3. The number of fused-ring (bicyclic) bond motifs is 2. The Morgan fingerprint density at radius 3 is 2.77 bits per heavy atom. The first-order valence-electron chi connectivity index (χ1n) is 11.0. The Balaban J connectivity index is 1.47. The summed E-state index contributed by atoms with van der Waals surface area (Å²) >= 11 is 8.20. The van der Waals surface area contributed by atoms with E-state index in [1.807, 2.05) is 37.4 Å². The summed E-state index contributed by atoms with van der Waals surface area (Å²) in [6, 6.07) is 15.1. The number of carbonyl (C=O) groups excluding carboxylic acids is 1. The summed E-state index contributed by atoms with van der Waals surface area (Å²) in [5.74, 6) is 1.03. The maximum Gasteiger partial charge on any atom is 0.266 e. The maximum absolute atomic E-state index is 13.8. The minimum Gasteiger partial charge on any atom is -0.493 e. The summed E-state index contributed by atoms with van der Waals surface area (Å²) in [5.41, 5.74) is 2.40. The number of hydrogen-bond acceptors (Lipinski definition) is 4. The molecule has 0 bridgehead atoms. The van der Waals surface area contributed by atoms with Crippen molar-refractivity contribution in [3.05, 3.63) is 63.5 Å². The van der Waals surface area contributed by atoms with E-state index < -0.39 is 0 Å². The minimum absolute atomic E-state index is 0.0517. The predicted molar refractivity (Wildman–Crippen MR) is 127 cm³/mol. The molecule has 0 radical (unpaired) electrons. The van der Waals surface area contributed by atoms with E-state index in [0.717, 1.165) is 60.1 Å². The third-order valence-corrected chi connectivity index (χ3v) is 8.31. The first kappa shape index (κ1) is 20.8. The van der Waals surface area contributed by atoms with Gasteiger partial charge in [0.15, 0.2) is 0 Å². The van der Waals surface area contributed by atoms with Crippen LogP contribution in [0.25, 0.3) is 10.1 Å². The monoisotopic (exact) mass is 454 g/mol. The molecule has 1 aliphatic heterocycles. The van der Waals surface area contributed by atoms with Crippen molar-refractivity contribution in [2.75, 3.05) is 13.7 Å². The SMILES string of the molecule is CNC1CCC(N(Cc2ccc3c(c2)CCO3)C(=O)c2sc3ccccc3c2Cl)CC1. The summed E-state index contributed by atoms with van der Waals surface area (Å²) in [6.07, 6.45) is 5.13. The van der Waals surface area contributed by atoms with Gasteiger partial charge >= 0.3 is 0 Å². The average molecular weight is 455 g/mol. The topological polar surface area (TPSA) is 41.6 Å². The lowest BCUT2D eigenvalue weighted by molar-refractivity contribution is 0.0606. The zero-order chi connectivity index (χ0) is 21.4. The van der Waals surface area contributed by atoms with Crippen LogP contribution in [0.1, 0.15) is 46.5 Å². The average Bonchev–Trinajstić information content (AvgIpc) is 3.41. The lowest BCUT2D eigenvalue weighted by Crippen LogP contribution is -2.44. The fourth-order valence-electron chi connectivity index (χ4n) is 4.86. The molecular weight excluding hydrogens is 428 g/mol. The van der Waals surface area contributed by atoms with Crippen LogP contribution in [0.5, 0.6) is 5.75 Å². The molecule has 0 atom stereocenters. The number of ether oxygens (including phenoxy) is 1. The fraction of sp³-hybridized carbons (Fsp3) is 0.400. The van der Waals surface area contributed by atoms with Crippen molar-refractivity contribution in [2.45, 2.75) is 50.7 Å². The molecule has 0 saturated heterocycles. The number of amides is 1. The van der Waals surface area contributed by atoms with E-state index in [0.29, 0.717) is 22.5 Å². The van der Waals surface area contributed by atoms with Crippen molar-refractivity contribution >= 4 is 38.9 Å². The molecule has 6 heteroatoms. The van der Waals surface area contributed by atoms with Crippen LogP contribution in [0.2, 0.25) is 5.02 Å². The lowest BCUT2D eigenvalue weighted by Gasteiger charge is -2.37. The van der Waals surface area contributed by atoms with Crippen molar-refractivity contribution in [3.8, 4) is 5.75 Å². The van der Waals surface area contributed by atoms with Crippen molar-refractivity contribution in [1.82, 2.24) is 10.2 Å². The van der Waals surface area contributed by atoms with Gasteiger partial charge in [0.05, 0.1) is 11.6 Å². The number of rotatable bonds is 5. The van der Waals surface area contributed by atoms with Gasteiger partial charge in [-0.2, -0.15) is 0 Å². The van der Waals surface area contributed by atoms with Gasteiger partial charge in [-0.25, -0.2) is 0 Å². The normalized spacial score (nSPS) is 20.5. The second-order valence-corrected chi connectivity index (χ2v) is 9.94. The Morgan fingerprint density at radius 1 is 1.19 bits per heavy atom. The Bertz CT molecular complexity index is 1100. The van der Waals surface area contributed by atoms with Crippen molar-refractivity contribution < 1.29 is 9.53 Å². The molecule has 162 valence electrons. The highest BCUT2D eigenvalue weighted by atomic mass is 35.5. The second kappa shape index (κ2) is 8.81. The molecule has 0 unspecified atom stereocenters. The molecule has 1 aromatic heterocycles. The molecule has 4 nitrogen and oxygen atoms in total. The van der Waals surface area contributed by atoms with E-state index in [4.69, 9.17) is 16.3 Å². The highest BCUT2D eigenvalue weighted by Gasteiger charge is 2.31. The van der Waals surface area contributed by atoms with Crippen molar-refractivity contribution in [1.29, 1.82) is 0 Å². The van der Waals surface area contributed by atoms with Crippen molar-refractivity contribution in [2.24, 2.45) is 0 Å². The zero-order valence-electron chi connectivity index (χ0n) is 17.7. The van der Waals surface area contributed by atoms with Crippen LogP contribution in [-0.2, 0) is 13.0 Å². The fourth-order valence-corrected chi connectivity index (χ4v) is 6.33. The van der Waals surface area contributed by atoms with Crippen LogP contribution in [0.4, 0.5) is 0 Å². The number of benzene rings is 2. The Hall–Kier alpha value is -2.08. The molecule has 2 aromatic carbocycles. The largest absolute Gasteiger partial charge is 0.493 e. The van der Waals surface area contributed by atoms with E-state index in [-0.39, 0.29) is 11.9 Å². The molecule has 1 saturated carbocycles. The standard InChI is InChI=1S/C25H27ClN2O2S/c1-27-18-7-9-19(10-8-18)28(15-16-6-11-21-17(14-16)12-13-30-21)25(29)24-23(26)20-4-2-3-5-22(20)31-24/h2-6,11,14,18-19,27H,7-10,12-13,15H2,1H3. The lowest BCUT2D eigenvalue weighted by atomic mass is 9.89. The van der Waals surface area contributed by atoms with Gasteiger partial charge in [-0.05, 0) is 56.0 Å². The Kier molecular flexibility index (Phi) is 5.91. The molecule has 1 N–H and O–H groups in total. The Morgan fingerprint density at radius 2 is 2.00 bits per heavy atom. The molecule has 31 heavy (non-hydrogen) atoms. The number of thiophene rings is 1. The minimum atomic E-state index is 0.0517. The van der Waals surface area contributed by atoms with Gasteiger partial charge < -0.3 is 15.0 Å². The molecule has 1 amide bonds. The summed E-state index contributed by atoms with van der Waals surface area (Å²) in [5, 5.41) is 4.94. The summed E-state index contributed by atoms with van der Waals surface area (Å²) in [7, 11) is 2.03. The molecule has 1 aliphatic carbocycles. The van der Waals surface area contributed by atoms with Gasteiger partial charge in [0.1, 0.15) is 10.6 Å². The molecule has 0 spiro atoms. The number of carbonyl (C=O) groups is 1. The van der Waals surface area contributed by atoms with Crippen LogP contribution in [0, 0.1) is 0 Å². The van der Waals surface area contributed by atoms with E-state index in [9.17, 15) is 4.79 Å². The summed E-state index contributed by atoms with van der Waals surface area (Å²) < 4.78 is 6.72. The number of hydrogen-bond donors (Lipinski definition) is 1. The molecular formula is C25H27ClN2O2S. The van der Waals surface area contributed by atoms with E-state index >= 15 is 0 Å². The summed E-state index contributed by atoms with van der Waals surface area (Å²) in [6.45, 7) is 1.35. The van der Waals surface area contributed by atoms with E-state index in [2.05, 4.69) is 22.3 Å². The molecule has 2 aliphatic rings. The maximum atomic E-state index is 13.8. The van der Waals surface area contributed by atoms with Gasteiger partial charge in [-0.15, -0.1) is 11.3 Å². The first-order chi connectivity index (χ1) is 15.1. The van der Waals surface area contributed by atoms with Crippen LogP contribution >= 0.6 is 22.9 Å². The van der Waals surface area contributed by atoms with Crippen LogP contribution in [0.3, 0.4) is 0 Å². The van der Waals surface area contributed by atoms with E-state index in [1.165, 1.54) is 16.9 Å². The van der Waals surface area contributed by atoms with Gasteiger partial charge in [-0.3, -0.25) is 4.79 Å². The van der Waals surface area contributed by atoms with Gasteiger partial charge in [0, 0.05) is 35.1 Å². The van der Waals surface area contributed by atoms with Crippen molar-refractivity contribution in [3.63, 3.8) is 0 Å². The number of nitrogens with one attached hydrogen (secondary N) is 1. The Labute approximate surface area is 192 Å². The molecule has 3 aromatic rings. The first-order valence-corrected chi connectivity index (χ1v) is 12.2. The molecule has 1 fully saturated rings. The third-order valence-electron chi connectivity index (χ3n) is 6.64. The summed E-state index contributed by atoms with van der Waals surface area (Å²) in [4.78, 5) is 16.6. The van der Waals surface area contributed by atoms with Crippen LogP contribution < -0.4 is 10.1 Å². The quantitative estimate of drug-likeness (QED) is 0.540. The highest BCUT2D eigenvalue weighted by Crippen LogP contribution is 2.37. The smallest absolute Gasteiger partial charge is 0.266 e. The molecule has 5 rings (SSSR count). The highest BCUT2D eigenvalue weighted by molar-refractivity contribution is 7.21. The van der Waals surface area contributed by atoms with Crippen LogP contribution in [-0.4, -0.2) is 36.5 Å².